The monoisotopic (exact) mass is 309 g/mol. The maximum absolute atomic E-state index is 12.7. The van der Waals surface area contributed by atoms with Crippen LogP contribution in [0.2, 0.25) is 0 Å². The number of nitrogens with zero attached hydrogens (tertiary/aromatic N) is 1. The first-order valence-electron chi connectivity index (χ1n) is 7.09. The first-order chi connectivity index (χ1) is 11.1. The Balaban J connectivity index is 2.17. The molecule has 0 radical (unpaired) electrons. The molecular formula is C18H15NO4. The lowest BCUT2D eigenvalue weighted by Gasteiger charge is -2.05. The molecule has 23 heavy (non-hydrogen) atoms. The van der Waals surface area contributed by atoms with Gasteiger partial charge in [0.1, 0.15) is 5.75 Å². The highest BCUT2D eigenvalue weighted by molar-refractivity contribution is 6.03. The van der Waals surface area contributed by atoms with Crippen molar-refractivity contribution in [2.24, 2.45) is 0 Å². The van der Waals surface area contributed by atoms with Crippen molar-refractivity contribution < 1.29 is 19.4 Å². The average Bonchev–Trinajstić information content (AvgIpc) is 2.92. The summed E-state index contributed by atoms with van der Waals surface area (Å²) in [6.45, 7) is 0. The molecule has 3 aromatic rings. The van der Waals surface area contributed by atoms with Gasteiger partial charge in [0.2, 0.25) is 0 Å². The molecule has 1 aromatic heterocycles. The van der Waals surface area contributed by atoms with E-state index in [4.69, 9.17) is 9.84 Å². The summed E-state index contributed by atoms with van der Waals surface area (Å²) < 4.78 is 6.68. The molecule has 1 heterocycles. The van der Waals surface area contributed by atoms with Gasteiger partial charge in [-0.3, -0.25) is 14.2 Å². The lowest BCUT2D eigenvalue weighted by molar-refractivity contribution is -0.136. The van der Waals surface area contributed by atoms with Crippen molar-refractivity contribution in [3.63, 3.8) is 0 Å². The molecule has 116 valence electrons. The molecule has 3 rings (SSSR count). The van der Waals surface area contributed by atoms with Gasteiger partial charge in [0.25, 0.3) is 5.91 Å². The number of aliphatic carboxylic acids is 1. The van der Waals surface area contributed by atoms with Crippen molar-refractivity contribution in [1.29, 1.82) is 0 Å². The average molecular weight is 309 g/mol. The molecule has 0 atom stereocenters. The molecule has 0 fully saturated rings. The van der Waals surface area contributed by atoms with E-state index in [9.17, 15) is 9.59 Å². The summed E-state index contributed by atoms with van der Waals surface area (Å²) in [5.41, 5.74) is 1.79. The number of methoxy groups -OCH3 is 1. The van der Waals surface area contributed by atoms with Crippen LogP contribution < -0.4 is 4.74 Å². The Morgan fingerprint density at radius 1 is 1.13 bits per heavy atom. The van der Waals surface area contributed by atoms with Crippen molar-refractivity contribution in [2.75, 3.05) is 7.11 Å². The van der Waals surface area contributed by atoms with E-state index >= 15 is 0 Å². The smallest absolute Gasteiger partial charge is 0.307 e. The number of ether oxygens (including phenoxy) is 1. The molecule has 2 aromatic carbocycles. The molecule has 0 amide bonds. The molecule has 0 aliphatic carbocycles. The van der Waals surface area contributed by atoms with Crippen LogP contribution in [0, 0.1) is 0 Å². The van der Waals surface area contributed by atoms with E-state index in [2.05, 4.69) is 0 Å². The number of benzene rings is 2. The van der Waals surface area contributed by atoms with Crippen LogP contribution >= 0.6 is 0 Å². The highest BCUT2D eigenvalue weighted by Crippen LogP contribution is 2.27. The minimum atomic E-state index is -0.945. The predicted octanol–water partition coefficient (Wildman–Crippen LogP) is 2.97. The minimum absolute atomic E-state index is 0.154. The number of fused-ring (bicyclic) bond motifs is 1. The summed E-state index contributed by atoms with van der Waals surface area (Å²) in [6.07, 6.45) is 1.44. The molecule has 0 unspecified atom stereocenters. The van der Waals surface area contributed by atoms with Gasteiger partial charge in [0.15, 0.2) is 0 Å². The Hall–Kier alpha value is -3.08. The fourth-order valence-corrected chi connectivity index (χ4v) is 2.60. The summed E-state index contributed by atoms with van der Waals surface area (Å²) in [5, 5.41) is 9.80. The summed E-state index contributed by atoms with van der Waals surface area (Å²) in [5.74, 6) is -0.523. The van der Waals surface area contributed by atoms with Crippen molar-refractivity contribution in [3.05, 3.63) is 65.9 Å². The van der Waals surface area contributed by atoms with E-state index in [1.165, 1.54) is 4.57 Å². The van der Waals surface area contributed by atoms with Crippen LogP contribution in [0.3, 0.4) is 0 Å². The van der Waals surface area contributed by atoms with Crippen LogP contribution in [0.5, 0.6) is 5.75 Å². The minimum Gasteiger partial charge on any atom is -0.497 e. The van der Waals surface area contributed by atoms with Gasteiger partial charge >= 0.3 is 5.97 Å². The zero-order valence-corrected chi connectivity index (χ0v) is 12.5. The summed E-state index contributed by atoms with van der Waals surface area (Å²) in [6, 6.07) is 14.2. The highest BCUT2D eigenvalue weighted by Gasteiger charge is 2.17. The second kappa shape index (κ2) is 5.96. The number of hydrogen-bond acceptors (Lipinski definition) is 3. The molecule has 0 saturated heterocycles. The molecule has 0 aliphatic rings. The Morgan fingerprint density at radius 2 is 1.87 bits per heavy atom. The molecule has 0 spiro atoms. The second-order valence-electron chi connectivity index (χ2n) is 5.15. The van der Waals surface area contributed by atoms with E-state index in [0.717, 1.165) is 0 Å². The molecule has 0 bridgehead atoms. The quantitative estimate of drug-likeness (QED) is 0.804. The number of rotatable bonds is 4. The van der Waals surface area contributed by atoms with Crippen molar-refractivity contribution in [3.8, 4) is 5.75 Å². The molecule has 0 aliphatic heterocycles. The Bertz CT molecular complexity index is 881. The summed E-state index contributed by atoms with van der Waals surface area (Å²) >= 11 is 0. The fraction of sp³-hybridized carbons (Fsp3) is 0.111. The van der Waals surface area contributed by atoms with E-state index < -0.39 is 5.97 Å². The van der Waals surface area contributed by atoms with E-state index in [1.807, 2.05) is 6.07 Å². The molecule has 0 saturated carbocycles. The Morgan fingerprint density at radius 3 is 2.52 bits per heavy atom. The fourth-order valence-electron chi connectivity index (χ4n) is 2.60. The van der Waals surface area contributed by atoms with Crippen LogP contribution in [-0.4, -0.2) is 28.7 Å². The van der Waals surface area contributed by atoms with Crippen LogP contribution in [0.25, 0.3) is 10.9 Å². The lowest BCUT2D eigenvalue weighted by atomic mass is 10.1. The lowest BCUT2D eigenvalue weighted by Crippen LogP contribution is -2.10. The van der Waals surface area contributed by atoms with E-state index in [-0.39, 0.29) is 12.3 Å². The molecule has 5 nitrogen and oxygen atoms in total. The zero-order chi connectivity index (χ0) is 16.4. The van der Waals surface area contributed by atoms with Crippen LogP contribution in [0.1, 0.15) is 15.9 Å². The largest absolute Gasteiger partial charge is 0.497 e. The predicted molar refractivity (Wildman–Crippen MR) is 86.0 cm³/mol. The van der Waals surface area contributed by atoms with Crippen molar-refractivity contribution >= 4 is 22.8 Å². The molecule has 5 heteroatoms. The Labute approximate surface area is 132 Å². The van der Waals surface area contributed by atoms with Gasteiger partial charge < -0.3 is 9.84 Å². The normalized spacial score (nSPS) is 10.7. The number of carboxylic acid groups (broad SMARTS) is 1. The Kier molecular flexibility index (Phi) is 3.85. The number of carbonyl (C=O) groups excluding carboxylic acids is 1. The topological polar surface area (TPSA) is 68.5 Å². The first kappa shape index (κ1) is 14.8. The van der Waals surface area contributed by atoms with Crippen LogP contribution in [0.15, 0.2) is 54.7 Å². The summed E-state index contributed by atoms with van der Waals surface area (Å²) in [7, 11) is 1.55. The maximum atomic E-state index is 12.7. The van der Waals surface area contributed by atoms with Gasteiger partial charge in [-0.2, -0.15) is 0 Å². The number of carbonyl (C=O) groups is 2. The van der Waals surface area contributed by atoms with Gasteiger partial charge in [-0.15, -0.1) is 0 Å². The second-order valence-corrected chi connectivity index (χ2v) is 5.15. The maximum Gasteiger partial charge on any atom is 0.307 e. The third kappa shape index (κ3) is 2.81. The van der Waals surface area contributed by atoms with E-state index in [0.29, 0.717) is 27.8 Å². The standard InChI is InChI=1S/C18H15NO4/c1-23-14-7-8-16-15(10-14)13(9-17(20)21)11-19(16)18(22)12-5-3-2-4-6-12/h2-8,10-11H,9H2,1H3,(H,20,21). The number of carboxylic acids is 1. The van der Waals surface area contributed by atoms with Gasteiger partial charge in [0.05, 0.1) is 19.0 Å². The van der Waals surface area contributed by atoms with Crippen LogP contribution in [0.4, 0.5) is 0 Å². The zero-order valence-electron chi connectivity index (χ0n) is 12.5. The third-order valence-electron chi connectivity index (χ3n) is 3.68. The third-order valence-corrected chi connectivity index (χ3v) is 3.68. The van der Waals surface area contributed by atoms with Gasteiger partial charge in [-0.1, -0.05) is 18.2 Å². The number of hydrogen-bond donors (Lipinski definition) is 1. The summed E-state index contributed by atoms with van der Waals surface area (Å²) in [4.78, 5) is 23.8. The van der Waals surface area contributed by atoms with Crippen molar-refractivity contribution in [2.45, 2.75) is 6.42 Å². The highest BCUT2D eigenvalue weighted by atomic mass is 16.5. The number of aromatic nitrogens is 1. The van der Waals surface area contributed by atoms with E-state index in [1.54, 1.807) is 55.8 Å². The molecular weight excluding hydrogens is 294 g/mol. The van der Waals surface area contributed by atoms with Gasteiger partial charge in [-0.05, 0) is 35.9 Å². The molecule has 1 N–H and O–H groups in total. The van der Waals surface area contributed by atoms with Crippen molar-refractivity contribution in [1.82, 2.24) is 4.57 Å². The first-order valence-corrected chi connectivity index (χ1v) is 7.09. The van der Waals surface area contributed by atoms with Gasteiger partial charge in [0, 0.05) is 17.1 Å². The SMILES string of the molecule is COc1ccc2c(c1)c(CC(=O)O)cn2C(=O)c1ccccc1. The van der Waals surface area contributed by atoms with Gasteiger partial charge in [-0.25, -0.2) is 0 Å². The van der Waals surface area contributed by atoms with Crippen LogP contribution in [-0.2, 0) is 11.2 Å².